The molecule has 4 rings (SSSR count). The maximum Gasteiger partial charge on any atom is 0.263 e. The number of amides is 2. The lowest BCUT2D eigenvalue weighted by Crippen LogP contribution is -2.39. The number of hydrogen-bond acceptors (Lipinski definition) is 7. The van der Waals surface area contributed by atoms with Gasteiger partial charge in [0.1, 0.15) is 0 Å². The van der Waals surface area contributed by atoms with E-state index in [0.717, 1.165) is 16.9 Å². The third-order valence-electron chi connectivity index (χ3n) is 5.26. The molecule has 2 heterocycles. The third kappa shape index (κ3) is 3.20. The van der Waals surface area contributed by atoms with E-state index in [0.29, 0.717) is 23.7 Å². The fourth-order valence-electron chi connectivity index (χ4n) is 3.64. The second kappa shape index (κ2) is 7.54. The third-order valence-corrected chi connectivity index (χ3v) is 5.26. The predicted molar refractivity (Wildman–Crippen MR) is 106 cm³/mol. The Kier molecular flexibility index (Phi) is 4.92. The minimum Gasteiger partial charge on any atom is -0.493 e. The zero-order valence-corrected chi connectivity index (χ0v) is 16.5. The Morgan fingerprint density at radius 3 is 2.28 bits per heavy atom. The van der Waals surface area contributed by atoms with Gasteiger partial charge in [-0.05, 0) is 29.7 Å². The van der Waals surface area contributed by atoms with Gasteiger partial charge in [0, 0.05) is 6.07 Å². The summed E-state index contributed by atoms with van der Waals surface area (Å²) < 4.78 is 10.5. The maximum absolute atomic E-state index is 13.1. The first-order chi connectivity index (χ1) is 14.1. The van der Waals surface area contributed by atoms with Crippen LogP contribution in [0, 0.1) is 0 Å². The van der Waals surface area contributed by atoms with Crippen molar-refractivity contribution in [3.05, 3.63) is 53.6 Å². The Balaban J connectivity index is 1.58. The molecule has 150 valence electrons. The number of carbonyl (C=O) groups excluding carboxylic acids is 2. The van der Waals surface area contributed by atoms with E-state index in [4.69, 9.17) is 9.47 Å². The lowest BCUT2D eigenvalue weighted by molar-refractivity contribution is -0.123. The zero-order valence-electron chi connectivity index (χ0n) is 16.5. The summed E-state index contributed by atoms with van der Waals surface area (Å²) in [5, 5.41) is 9.76. The van der Waals surface area contributed by atoms with Crippen molar-refractivity contribution in [2.24, 2.45) is 10.3 Å². The van der Waals surface area contributed by atoms with Crippen molar-refractivity contribution in [3.8, 4) is 11.5 Å². The van der Waals surface area contributed by atoms with Crippen molar-refractivity contribution in [2.45, 2.75) is 32.0 Å². The highest BCUT2D eigenvalue weighted by Crippen LogP contribution is 2.36. The van der Waals surface area contributed by atoms with Gasteiger partial charge in [0.2, 0.25) is 0 Å². The molecule has 29 heavy (non-hydrogen) atoms. The van der Waals surface area contributed by atoms with Crippen LogP contribution < -0.4 is 14.4 Å². The molecule has 0 spiro atoms. The minimum atomic E-state index is -0.828. The molecule has 2 aliphatic rings. The monoisotopic (exact) mass is 394 g/mol. The molecule has 2 aromatic rings. The fraction of sp³-hybridized carbons (Fsp3) is 0.333. The largest absolute Gasteiger partial charge is 0.493 e. The minimum absolute atomic E-state index is 0.345. The summed E-state index contributed by atoms with van der Waals surface area (Å²) in [6, 6.07) is 11.5. The molecule has 0 N–H and O–H groups in total. The van der Waals surface area contributed by atoms with Gasteiger partial charge in [0.05, 0.1) is 26.5 Å². The smallest absolute Gasteiger partial charge is 0.263 e. The van der Waals surface area contributed by atoms with Gasteiger partial charge in [-0.25, -0.2) is 4.90 Å². The Hall–Kier alpha value is -3.42. The van der Waals surface area contributed by atoms with Crippen molar-refractivity contribution in [1.82, 2.24) is 5.01 Å². The van der Waals surface area contributed by atoms with Crippen LogP contribution in [0.15, 0.2) is 52.8 Å². The summed E-state index contributed by atoms with van der Waals surface area (Å²) >= 11 is 0. The first-order valence-electron chi connectivity index (χ1n) is 9.42. The van der Waals surface area contributed by atoms with Gasteiger partial charge in [0.25, 0.3) is 11.8 Å². The second-order valence-electron chi connectivity index (χ2n) is 6.91. The van der Waals surface area contributed by atoms with E-state index in [9.17, 15) is 9.59 Å². The van der Waals surface area contributed by atoms with Gasteiger partial charge in [-0.3, -0.25) is 14.6 Å². The Bertz CT molecular complexity index is 973. The van der Waals surface area contributed by atoms with E-state index in [1.165, 1.54) is 19.8 Å². The zero-order chi connectivity index (χ0) is 20.5. The molecule has 2 amide bonds. The molecule has 0 bridgehead atoms. The Labute approximate surface area is 168 Å². The number of imide groups is 1. The van der Waals surface area contributed by atoms with Crippen LogP contribution in [0.25, 0.3) is 0 Å². The van der Waals surface area contributed by atoms with Crippen LogP contribution in [0.2, 0.25) is 0 Å². The fourth-order valence-corrected chi connectivity index (χ4v) is 3.64. The standard InChI is InChI=1S/C21H22N4O4/c1-4-13-5-7-14(8-6-13)12-24-19-18(22-23-24)20(26)25(21(19)27)15-9-10-16(28-2)17(11-15)29-3/h5-11,18-19H,4,12H2,1-3H3. The molecular weight excluding hydrogens is 372 g/mol. The molecule has 2 atom stereocenters. The number of nitrogens with zero attached hydrogens (tertiary/aromatic N) is 4. The maximum atomic E-state index is 13.1. The summed E-state index contributed by atoms with van der Waals surface area (Å²) in [5.74, 6) is 0.228. The first kappa shape index (κ1) is 18.9. The average Bonchev–Trinajstić information content (AvgIpc) is 3.27. The van der Waals surface area contributed by atoms with Crippen LogP contribution in [0.5, 0.6) is 11.5 Å². The number of fused-ring (bicyclic) bond motifs is 1. The molecule has 1 saturated heterocycles. The predicted octanol–water partition coefficient (Wildman–Crippen LogP) is 2.76. The summed E-state index contributed by atoms with van der Waals surface area (Å²) in [4.78, 5) is 27.2. The van der Waals surface area contributed by atoms with Gasteiger partial charge in [-0.15, -0.1) is 0 Å². The van der Waals surface area contributed by atoms with Crippen LogP contribution >= 0.6 is 0 Å². The van der Waals surface area contributed by atoms with Crippen LogP contribution in [0.1, 0.15) is 18.1 Å². The van der Waals surface area contributed by atoms with Crippen LogP contribution in [0.4, 0.5) is 5.69 Å². The molecular formula is C21H22N4O4. The normalized spacial score (nSPS) is 20.4. The van der Waals surface area contributed by atoms with Crippen molar-refractivity contribution >= 4 is 17.5 Å². The Morgan fingerprint density at radius 1 is 0.931 bits per heavy atom. The highest BCUT2D eigenvalue weighted by atomic mass is 16.5. The average molecular weight is 394 g/mol. The number of aryl methyl sites for hydroxylation is 1. The summed E-state index contributed by atoms with van der Waals surface area (Å²) in [6.07, 6.45) is 0.960. The highest BCUT2D eigenvalue weighted by molar-refractivity contribution is 6.25. The number of benzene rings is 2. The quantitative estimate of drug-likeness (QED) is 0.704. The number of hydrogen-bond donors (Lipinski definition) is 0. The van der Waals surface area contributed by atoms with Gasteiger partial charge >= 0.3 is 0 Å². The molecule has 2 aliphatic heterocycles. The van der Waals surface area contributed by atoms with E-state index >= 15 is 0 Å². The first-order valence-corrected chi connectivity index (χ1v) is 9.42. The van der Waals surface area contributed by atoms with E-state index in [1.807, 2.05) is 12.1 Å². The highest BCUT2D eigenvalue weighted by Gasteiger charge is 2.54. The number of rotatable bonds is 6. The number of ether oxygens (including phenoxy) is 2. The van der Waals surface area contributed by atoms with Gasteiger partial charge in [-0.1, -0.05) is 36.4 Å². The molecule has 2 unspecified atom stereocenters. The second-order valence-corrected chi connectivity index (χ2v) is 6.91. The molecule has 0 aromatic heterocycles. The van der Waals surface area contributed by atoms with Gasteiger partial charge < -0.3 is 9.47 Å². The lowest BCUT2D eigenvalue weighted by Gasteiger charge is -2.21. The molecule has 0 aliphatic carbocycles. The molecule has 1 fully saturated rings. The van der Waals surface area contributed by atoms with E-state index < -0.39 is 12.1 Å². The molecule has 2 aromatic carbocycles. The van der Waals surface area contributed by atoms with Crippen molar-refractivity contribution in [1.29, 1.82) is 0 Å². The topological polar surface area (TPSA) is 83.8 Å². The molecule has 8 nitrogen and oxygen atoms in total. The van der Waals surface area contributed by atoms with E-state index in [-0.39, 0.29) is 11.8 Å². The van der Waals surface area contributed by atoms with Gasteiger partial charge in [-0.2, -0.15) is 5.11 Å². The van der Waals surface area contributed by atoms with Crippen LogP contribution in [-0.2, 0) is 22.6 Å². The van der Waals surface area contributed by atoms with Crippen LogP contribution in [0.3, 0.4) is 0 Å². The van der Waals surface area contributed by atoms with Crippen molar-refractivity contribution < 1.29 is 19.1 Å². The summed E-state index contributed by atoms with van der Waals surface area (Å²) in [6.45, 7) is 2.51. The van der Waals surface area contributed by atoms with Gasteiger partial charge in [0.15, 0.2) is 23.6 Å². The van der Waals surface area contributed by atoms with E-state index in [2.05, 4.69) is 29.4 Å². The summed E-state index contributed by atoms with van der Waals surface area (Å²) in [7, 11) is 3.03. The molecule has 0 saturated carbocycles. The molecule has 8 heteroatoms. The number of carbonyl (C=O) groups is 2. The number of anilines is 1. The molecule has 0 radical (unpaired) electrons. The number of methoxy groups -OCH3 is 2. The SMILES string of the molecule is CCc1ccc(CN2N=NC3C(=O)N(c4ccc(OC)c(OC)c4)C(=O)C32)cc1. The van der Waals surface area contributed by atoms with Crippen molar-refractivity contribution in [2.75, 3.05) is 19.1 Å². The summed E-state index contributed by atoms with van der Waals surface area (Å²) in [5.41, 5.74) is 2.67. The van der Waals surface area contributed by atoms with Crippen LogP contribution in [-0.4, -0.2) is 43.1 Å². The van der Waals surface area contributed by atoms with Crippen molar-refractivity contribution in [3.63, 3.8) is 0 Å². The Morgan fingerprint density at radius 2 is 1.62 bits per heavy atom. The lowest BCUT2D eigenvalue weighted by atomic mass is 10.1. The van der Waals surface area contributed by atoms with E-state index in [1.54, 1.807) is 23.2 Å².